The maximum Gasteiger partial charge on any atom is 0.0236 e. The minimum atomic E-state index is 0.758. The fraction of sp³-hybridized carbons (Fsp3) is 0.500. The van der Waals surface area contributed by atoms with Crippen molar-refractivity contribution in [2.24, 2.45) is 0 Å². The average molecular weight is 254 g/mol. The van der Waals surface area contributed by atoms with Gasteiger partial charge in [0.15, 0.2) is 0 Å². The van der Waals surface area contributed by atoms with Gasteiger partial charge >= 0.3 is 0 Å². The SMILES string of the molecule is C[C@H]1CCCN1Cc1cccc(Br)c1. The first-order valence-electron chi connectivity index (χ1n) is 5.24. The van der Waals surface area contributed by atoms with Crippen LogP contribution in [0.25, 0.3) is 0 Å². The summed E-state index contributed by atoms with van der Waals surface area (Å²) in [6.07, 6.45) is 2.71. The molecule has 0 N–H and O–H groups in total. The first-order valence-corrected chi connectivity index (χ1v) is 6.03. The number of hydrogen-bond acceptors (Lipinski definition) is 1. The second-order valence-electron chi connectivity index (χ2n) is 4.09. The minimum Gasteiger partial charge on any atom is -0.296 e. The molecule has 0 aliphatic carbocycles. The van der Waals surface area contributed by atoms with E-state index in [0.717, 1.165) is 12.6 Å². The van der Waals surface area contributed by atoms with Gasteiger partial charge in [-0.25, -0.2) is 0 Å². The Labute approximate surface area is 94.2 Å². The lowest BCUT2D eigenvalue weighted by Gasteiger charge is -2.20. The molecule has 1 nitrogen and oxygen atoms in total. The van der Waals surface area contributed by atoms with Crippen LogP contribution in [-0.2, 0) is 6.54 Å². The summed E-state index contributed by atoms with van der Waals surface area (Å²) in [6.45, 7) is 4.68. The van der Waals surface area contributed by atoms with Crippen molar-refractivity contribution in [1.29, 1.82) is 0 Å². The third kappa shape index (κ3) is 2.37. The van der Waals surface area contributed by atoms with Gasteiger partial charge in [-0.15, -0.1) is 0 Å². The molecular formula is C12H16BrN. The fourth-order valence-electron chi connectivity index (χ4n) is 2.10. The summed E-state index contributed by atoms with van der Waals surface area (Å²) < 4.78 is 1.18. The van der Waals surface area contributed by atoms with E-state index < -0.39 is 0 Å². The number of benzene rings is 1. The third-order valence-electron chi connectivity index (χ3n) is 2.97. The molecule has 1 saturated heterocycles. The van der Waals surface area contributed by atoms with Crippen LogP contribution in [0.15, 0.2) is 28.7 Å². The zero-order valence-corrected chi connectivity index (χ0v) is 10.1. The van der Waals surface area contributed by atoms with Crippen molar-refractivity contribution >= 4 is 15.9 Å². The van der Waals surface area contributed by atoms with E-state index in [4.69, 9.17) is 0 Å². The summed E-state index contributed by atoms with van der Waals surface area (Å²) >= 11 is 3.51. The Bertz CT molecular complexity index is 311. The molecule has 1 atom stereocenters. The van der Waals surface area contributed by atoms with Crippen molar-refractivity contribution in [2.75, 3.05) is 6.54 Å². The van der Waals surface area contributed by atoms with E-state index in [1.165, 1.54) is 29.4 Å². The molecular weight excluding hydrogens is 238 g/mol. The van der Waals surface area contributed by atoms with Gasteiger partial charge in [-0.2, -0.15) is 0 Å². The van der Waals surface area contributed by atoms with Crippen molar-refractivity contribution < 1.29 is 0 Å². The second-order valence-corrected chi connectivity index (χ2v) is 5.01. The Balaban J connectivity index is 2.03. The Morgan fingerprint density at radius 2 is 2.36 bits per heavy atom. The van der Waals surface area contributed by atoms with Gasteiger partial charge in [-0.1, -0.05) is 28.1 Å². The highest BCUT2D eigenvalue weighted by molar-refractivity contribution is 9.10. The van der Waals surface area contributed by atoms with Crippen LogP contribution in [0.5, 0.6) is 0 Å². The molecule has 0 aromatic heterocycles. The number of rotatable bonds is 2. The molecule has 2 rings (SSSR count). The molecule has 1 fully saturated rings. The zero-order chi connectivity index (χ0) is 9.97. The van der Waals surface area contributed by atoms with Gasteiger partial charge in [0.25, 0.3) is 0 Å². The lowest BCUT2D eigenvalue weighted by Crippen LogP contribution is -2.26. The molecule has 0 spiro atoms. The van der Waals surface area contributed by atoms with Crippen LogP contribution in [0.1, 0.15) is 25.3 Å². The summed E-state index contributed by atoms with van der Waals surface area (Å²) in [4.78, 5) is 2.56. The molecule has 1 heterocycles. The van der Waals surface area contributed by atoms with Gasteiger partial charge in [0, 0.05) is 17.1 Å². The molecule has 2 heteroatoms. The Morgan fingerprint density at radius 3 is 3.00 bits per heavy atom. The standard InChI is InChI=1S/C12H16BrN/c1-10-4-3-7-14(10)9-11-5-2-6-12(13)8-11/h2,5-6,8,10H,3-4,7,9H2,1H3/t10-/m0/s1. The van der Waals surface area contributed by atoms with E-state index in [1.807, 2.05) is 0 Å². The largest absolute Gasteiger partial charge is 0.296 e. The smallest absolute Gasteiger partial charge is 0.0236 e. The number of halogens is 1. The van der Waals surface area contributed by atoms with E-state index in [9.17, 15) is 0 Å². The molecule has 0 unspecified atom stereocenters. The van der Waals surface area contributed by atoms with E-state index in [2.05, 4.69) is 52.0 Å². The van der Waals surface area contributed by atoms with Crippen molar-refractivity contribution in [3.8, 4) is 0 Å². The average Bonchev–Trinajstić information content (AvgIpc) is 2.52. The van der Waals surface area contributed by atoms with Crippen LogP contribution in [0.3, 0.4) is 0 Å². The fourth-order valence-corrected chi connectivity index (χ4v) is 2.54. The predicted molar refractivity (Wildman–Crippen MR) is 63.2 cm³/mol. The lowest BCUT2D eigenvalue weighted by atomic mass is 10.2. The molecule has 14 heavy (non-hydrogen) atoms. The third-order valence-corrected chi connectivity index (χ3v) is 3.46. The van der Waals surface area contributed by atoms with Gasteiger partial charge in [-0.3, -0.25) is 4.90 Å². The first kappa shape index (κ1) is 10.2. The second kappa shape index (κ2) is 4.45. The van der Waals surface area contributed by atoms with Crippen LogP contribution in [0.4, 0.5) is 0 Å². The van der Waals surface area contributed by atoms with Crippen LogP contribution >= 0.6 is 15.9 Å². The highest BCUT2D eigenvalue weighted by Gasteiger charge is 2.19. The van der Waals surface area contributed by atoms with Crippen molar-refractivity contribution in [2.45, 2.75) is 32.4 Å². The highest BCUT2D eigenvalue weighted by Crippen LogP contribution is 2.20. The van der Waals surface area contributed by atoms with Crippen LogP contribution < -0.4 is 0 Å². The summed E-state index contributed by atoms with van der Waals surface area (Å²) in [7, 11) is 0. The first-order chi connectivity index (χ1) is 6.75. The Morgan fingerprint density at radius 1 is 1.50 bits per heavy atom. The van der Waals surface area contributed by atoms with Gasteiger partial charge in [0.1, 0.15) is 0 Å². The van der Waals surface area contributed by atoms with E-state index in [1.54, 1.807) is 0 Å². The molecule has 0 radical (unpaired) electrons. The minimum absolute atomic E-state index is 0.758. The summed E-state index contributed by atoms with van der Waals surface area (Å²) in [5.74, 6) is 0. The van der Waals surface area contributed by atoms with Crippen molar-refractivity contribution in [3.05, 3.63) is 34.3 Å². The van der Waals surface area contributed by atoms with E-state index >= 15 is 0 Å². The maximum absolute atomic E-state index is 3.51. The van der Waals surface area contributed by atoms with Crippen molar-refractivity contribution in [3.63, 3.8) is 0 Å². The molecule has 1 aliphatic heterocycles. The van der Waals surface area contributed by atoms with Crippen LogP contribution in [-0.4, -0.2) is 17.5 Å². The summed E-state index contributed by atoms with van der Waals surface area (Å²) in [5.41, 5.74) is 1.41. The molecule has 0 saturated carbocycles. The maximum atomic E-state index is 3.51. The topological polar surface area (TPSA) is 3.24 Å². The monoisotopic (exact) mass is 253 g/mol. The van der Waals surface area contributed by atoms with Gasteiger partial charge in [-0.05, 0) is 44.0 Å². The summed E-state index contributed by atoms with van der Waals surface area (Å²) in [5, 5.41) is 0. The highest BCUT2D eigenvalue weighted by atomic mass is 79.9. The molecule has 0 amide bonds. The number of hydrogen-bond donors (Lipinski definition) is 0. The number of likely N-dealkylation sites (tertiary alicyclic amines) is 1. The predicted octanol–water partition coefficient (Wildman–Crippen LogP) is 3.43. The van der Waals surface area contributed by atoms with E-state index in [0.29, 0.717) is 0 Å². The lowest BCUT2D eigenvalue weighted by molar-refractivity contribution is 0.260. The molecule has 1 aromatic rings. The quantitative estimate of drug-likeness (QED) is 0.781. The van der Waals surface area contributed by atoms with Crippen LogP contribution in [0, 0.1) is 0 Å². The van der Waals surface area contributed by atoms with Crippen LogP contribution in [0.2, 0.25) is 0 Å². The normalized spacial score (nSPS) is 22.9. The van der Waals surface area contributed by atoms with Gasteiger partial charge in [0.05, 0.1) is 0 Å². The molecule has 0 bridgehead atoms. The van der Waals surface area contributed by atoms with Gasteiger partial charge in [0.2, 0.25) is 0 Å². The Hall–Kier alpha value is -0.340. The van der Waals surface area contributed by atoms with Crippen molar-refractivity contribution in [1.82, 2.24) is 4.90 Å². The molecule has 1 aliphatic rings. The Kier molecular flexibility index (Phi) is 3.24. The zero-order valence-electron chi connectivity index (χ0n) is 8.54. The molecule has 1 aromatic carbocycles. The summed E-state index contributed by atoms with van der Waals surface area (Å²) in [6, 6.07) is 9.37. The van der Waals surface area contributed by atoms with E-state index in [-0.39, 0.29) is 0 Å². The van der Waals surface area contributed by atoms with Gasteiger partial charge < -0.3 is 0 Å². The number of nitrogens with zero attached hydrogens (tertiary/aromatic N) is 1. The molecule has 76 valence electrons.